The van der Waals surface area contributed by atoms with Crippen molar-refractivity contribution in [3.05, 3.63) is 35.3 Å². The van der Waals surface area contributed by atoms with Crippen LogP contribution in [0.1, 0.15) is 33.1 Å². The summed E-state index contributed by atoms with van der Waals surface area (Å²) in [5.41, 5.74) is 2.62. The molecule has 30 heavy (non-hydrogen) atoms. The molecule has 0 N–H and O–H groups in total. The molecular formula is C23H37N2O5+. The van der Waals surface area contributed by atoms with E-state index in [-0.39, 0.29) is 5.60 Å². The van der Waals surface area contributed by atoms with Gasteiger partial charge in [0.05, 0.1) is 19.3 Å². The van der Waals surface area contributed by atoms with Crippen molar-refractivity contribution < 1.29 is 28.3 Å². The van der Waals surface area contributed by atoms with Crippen molar-refractivity contribution in [1.82, 2.24) is 0 Å². The molecular weight excluding hydrogens is 384 g/mol. The summed E-state index contributed by atoms with van der Waals surface area (Å²) in [6.45, 7) is 6.67. The molecule has 1 heterocycles. The molecule has 1 saturated carbocycles. The molecule has 0 bridgehead atoms. The predicted molar refractivity (Wildman–Crippen MR) is 116 cm³/mol. The maximum absolute atomic E-state index is 5.94. The van der Waals surface area contributed by atoms with E-state index in [0.717, 1.165) is 42.8 Å². The standard InChI is InChI=1S/C23H37N2O5/c1-17(2)14-25(16-22(28-5)9-10-22)11-8-19(24-25)21-20(27-4)12-18(15-26-3)13-23(21,29-6)30-7/h8,11-12,17H,9-10,13-16H2,1-7H3/q+1. The van der Waals surface area contributed by atoms with Crippen LogP contribution in [0.3, 0.4) is 0 Å². The summed E-state index contributed by atoms with van der Waals surface area (Å²) in [4.78, 5) is 0. The zero-order valence-corrected chi connectivity index (χ0v) is 19.5. The second-order valence-corrected chi connectivity index (χ2v) is 8.93. The smallest absolute Gasteiger partial charge is 0.204 e. The van der Waals surface area contributed by atoms with Gasteiger partial charge in [0.25, 0.3) is 0 Å². The molecule has 7 nitrogen and oxygen atoms in total. The van der Waals surface area contributed by atoms with E-state index in [1.807, 2.05) is 6.08 Å². The highest BCUT2D eigenvalue weighted by Gasteiger charge is 2.53. The summed E-state index contributed by atoms with van der Waals surface area (Å²) in [6, 6.07) is 0. The normalized spacial score (nSPS) is 26.8. The Kier molecular flexibility index (Phi) is 6.89. The topological polar surface area (TPSA) is 58.5 Å². The molecule has 2 aliphatic carbocycles. The van der Waals surface area contributed by atoms with Gasteiger partial charge in [0.1, 0.15) is 36.4 Å². The third-order valence-corrected chi connectivity index (χ3v) is 6.19. The molecule has 168 valence electrons. The molecule has 0 radical (unpaired) electrons. The van der Waals surface area contributed by atoms with Crippen LogP contribution in [0.15, 0.2) is 40.4 Å². The molecule has 7 heteroatoms. The van der Waals surface area contributed by atoms with Gasteiger partial charge in [-0.2, -0.15) is 4.59 Å². The van der Waals surface area contributed by atoms with Crippen molar-refractivity contribution >= 4 is 5.71 Å². The summed E-state index contributed by atoms with van der Waals surface area (Å²) in [6.07, 6.45) is 8.97. The van der Waals surface area contributed by atoms with E-state index in [0.29, 0.717) is 29.3 Å². The minimum absolute atomic E-state index is 0.0750. The molecule has 1 fully saturated rings. The number of nitrogens with zero attached hydrogens (tertiary/aromatic N) is 2. The zero-order valence-electron chi connectivity index (χ0n) is 19.5. The van der Waals surface area contributed by atoms with Crippen LogP contribution >= 0.6 is 0 Å². The molecule has 3 aliphatic rings. The first-order chi connectivity index (χ1) is 14.3. The summed E-state index contributed by atoms with van der Waals surface area (Å²) >= 11 is 0. The van der Waals surface area contributed by atoms with Crippen molar-refractivity contribution in [3.8, 4) is 0 Å². The van der Waals surface area contributed by atoms with Gasteiger partial charge in [-0.25, -0.2) is 0 Å². The number of quaternary nitrogens is 1. The molecule has 0 saturated heterocycles. The van der Waals surface area contributed by atoms with Gasteiger partial charge in [-0.1, -0.05) is 18.9 Å². The van der Waals surface area contributed by atoms with Gasteiger partial charge in [0.15, 0.2) is 0 Å². The quantitative estimate of drug-likeness (QED) is 0.378. The van der Waals surface area contributed by atoms with Crippen LogP contribution in [-0.4, -0.2) is 76.9 Å². The summed E-state index contributed by atoms with van der Waals surface area (Å²) in [5.74, 6) is 0.196. The third kappa shape index (κ3) is 4.41. The van der Waals surface area contributed by atoms with Gasteiger partial charge >= 0.3 is 0 Å². The predicted octanol–water partition coefficient (Wildman–Crippen LogP) is 3.39. The Morgan fingerprint density at radius 1 is 1.07 bits per heavy atom. The van der Waals surface area contributed by atoms with E-state index in [1.54, 1.807) is 35.5 Å². The maximum Gasteiger partial charge on any atom is 0.204 e. The summed E-state index contributed by atoms with van der Waals surface area (Å²) in [5, 5.41) is 5.22. The number of ether oxygens (including phenoxy) is 5. The fraction of sp³-hybridized carbons (Fsp3) is 0.696. The fourth-order valence-corrected chi connectivity index (χ4v) is 4.65. The van der Waals surface area contributed by atoms with Crippen molar-refractivity contribution in [2.75, 3.05) is 55.2 Å². The van der Waals surface area contributed by atoms with E-state index < -0.39 is 5.79 Å². The average molecular weight is 422 g/mol. The lowest BCUT2D eigenvalue weighted by Crippen LogP contribution is -2.47. The fourth-order valence-electron chi connectivity index (χ4n) is 4.65. The second kappa shape index (κ2) is 8.93. The first kappa shape index (κ1) is 23.2. The summed E-state index contributed by atoms with van der Waals surface area (Å²) < 4.78 is 29.4. The van der Waals surface area contributed by atoms with Crippen LogP contribution in [0.25, 0.3) is 0 Å². The zero-order chi connectivity index (χ0) is 22.0. The van der Waals surface area contributed by atoms with Crippen LogP contribution in [0.2, 0.25) is 0 Å². The molecule has 1 unspecified atom stereocenters. The Morgan fingerprint density at radius 2 is 1.77 bits per heavy atom. The van der Waals surface area contributed by atoms with Gasteiger partial charge in [-0.05, 0) is 24.5 Å². The van der Waals surface area contributed by atoms with Gasteiger partial charge < -0.3 is 23.7 Å². The highest BCUT2D eigenvalue weighted by Crippen LogP contribution is 2.44. The Bertz CT molecular complexity index is 760. The second-order valence-electron chi connectivity index (χ2n) is 8.93. The molecule has 0 aromatic rings. The van der Waals surface area contributed by atoms with E-state index in [4.69, 9.17) is 28.8 Å². The van der Waals surface area contributed by atoms with Crippen LogP contribution in [-0.2, 0) is 23.7 Å². The minimum Gasteiger partial charge on any atom is -0.496 e. The lowest BCUT2D eigenvalue weighted by Gasteiger charge is -2.37. The molecule has 0 aromatic heterocycles. The Labute approximate surface area is 180 Å². The van der Waals surface area contributed by atoms with Crippen molar-refractivity contribution in [2.45, 2.75) is 44.5 Å². The van der Waals surface area contributed by atoms with Gasteiger partial charge in [-0.15, -0.1) is 0 Å². The van der Waals surface area contributed by atoms with Crippen LogP contribution in [0, 0.1) is 5.92 Å². The third-order valence-electron chi connectivity index (χ3n) is 6.19. The Hall–Kier alpha value is -1.51. The molecule has 0 aromatic carbocycles. The molecule has 1 aliphatic heterocycles. The highest BCUT2D eigenvalue weighted by molar-refractivity contribution is 6.10. The van der Waals surface area contributed by atoms with Gasteiger partial charge in [-0.3, -0.25) is 0 Å². The van der Waals surface area contributed by atoms with E-state index in [1.165, 1.54) is 0 Å². The first-order valence-electron chi connectivity index (χ1n) is 10.6. The van der Waals surface area contributed by atoms with Crippen LogP contribution in [0.5, 0.6) is 0 Å². The Morgan fingerprint density at radius 3 is 2.27 bits per heavy atom. The van der Waals surface area contributed by atoms with Gasteiger partial charge in [0.2, 0.25) is 5.79 Å². The molecule has 0 spiro atoms. The van der Waals surface area contributed by atoms with Gasteiger partial charge in [0, 0.05) is 46.9 Å². The van der Waals surface area contributed by atoms with Crippen molar-refractivity contribution in [3.63, 3.8) is 0 Å². The SMILES string of the molecule is COCC1=CC(OC)=C(C2=N[N+](CC(C)C)(CC3(OC)CC3)C=C2)C(OC)(OC)C1. The highest BCUT2D eigenvalue weighted by atomic mass is 16.7. The van der Waals surface area contributed by atoms with Crippen molar-refractivity contribution in [1.29, 1.82) is 0 Å². The lowest BCUT2D eigenvalue weighted by atomic mass is 9.87. The number of methoxy groups -OCH3 is 5. The van der Waals surface area contributed by atoms with E-state index in [2.05, 4.69) is 26.1 Å². The average Bonchev–Trinajstić information content (AvgIpc) is 3.38. The molecule has 1 atom stereocenters. The molecule has 0 amide bonds. The number of allylic oxidation sites excluding steroid dienone is 2. The van der Waals surface area contributed by atoms with Crippen molar-refractivity contribution in [2.24, 2.45) is 11.0 Å². The summed E-state index contributed by atoms with van der Waals surface area (Å²) in [7, 11) is 8.47. The van der Waals surface area contributed by atoms with Crippen LogP contribution < -0.4 is 0 Å². The molecule has 3 rings (SSSR count). The lowest BCUT2D eigenvalue weighted by molar-refractivity contribution is -0.891. The largest absolute Gasteiger partial charge is 0.496 e. The monoisotopic (exact) mass is 421 g/mol. The Balaban J connectivity index is 2.07. The number of hydrogen-bond acceptors (Lipinski definition) is 6. The maximum atomic E-state index is 5.94. The minimum atomic E-state index is -0.979. The first-order valence-corrected chi connectivity index (χ1v) is 10.6. The van der Waals surface area contributed by atoms with E-state index >= 15 is 0 Å². The van der Waals surface area contributed by atoms with E-state index in [9.17, 15) is 0 Å². The number of rotatable bonds is 11. The van der Waals surface area contributed by atoms with Crippen LogP contribution in [0.4, 0.5) is 0 Å². The number of hydrogen-bond donors (Lipinski definition) is 0.